The number of halogens is 3. The molecule has 5 nitrogen and oxygen atoms in total. The van der Waals surface area contributed by atoms with Gasteiger partial charge in [0.2, 0.25) is 0 Å². The van der Waals surface area contributed by atoms with E-state index in [1.165, 1.54) is 0 Å². The summed E-state index contributed by atoms with van der Waals surface area (Å²) in [5, 5.41) is 5.12. The topological polar surface area (TPSA) is 67.4 Å². The summed E-state index contributed by atoms with van der Waals surface area (Å²) >= 11 is 0. The summed E-state index contributed by atoms with van der Waals surface area (Å²) in [5.74, 6) is -0.260. The molecule has 0 spiro atoms. The normalized spacial score (nSPS) is 13.9. The number of aryl methyl sites for hydroxylation is 1. The number of Topliss-reactive ketones (excluding diaryl/α,β-unsaturated/α-hetero) is 1. The van der Waals surface area contributed by atoms with Crippen LogP contribution in [0.25, 0.3) is 0 Å². The Morgan fingerprint density at radius 2 is 1.96 bits per heavy atom. The fourth-order valence-electron chi connectivity index (χ4n) is 2.25. The van der Waals surface area contributed by atoms with Crippen molar-refractivity contribution in [3.05, 3.63) is 35.4 Å². The first-order chi connectivity index (χ1) is 11.2. The van der Waals surface area contributed by atoms with Gasteiger partial charge in [-0.2, -0.15) is 13.2 Å². The molecule has 8 heteroatoms. The van der Waals surface area contributed by atoms with Crippen LogP contribution in [0.15, 0.2) is 24.3 Å². The van der Waals surface area contributed by atoms with Crippen molar-refractivity contribution in [3.8, 4) is 0 Å². The summed E-state index contributed by atoms with van der Waals surface area (Å²) in [6, 6.07) is 5.45. The van der Waals surface area contributed by atoms with E-state index in [1.807, 2.05) is 13.0 Å². The largest absolute Gasteiger partial charge is 0.440 e. The zero-order valence-corrected chi connectivity index (χ0v) is 13.7. The lowest BCUT2D eigenvalue weighted by atomic mass is 9.95. The number of hydrogen-bond acceptors (Lipinski definition) is 4. The van der Waals surface area contributed by atoms with Crippen LogP contribution in [-0.4, -0.2) is 43.8 Å². The maximum Gasteiger partial charge on any atom is 0.422 e. The minimum atomic E-state index is -4.60. The van der Waals surface area contributed by atoms with Gasteiger partial charge in [-0.3, -0.25) is 4.79 Å². The first-order valence-corrected chi connectivity index (χ1v) is 7.46. The number of ether oxygens (including phenoxy) is 1. The standard InChI is InChI=1S/C16H21F3N2O3/c1-4-12(21-15(23)24-9-16(17,18)19)13(20-3)14(22)11-7-5-6-10(2)8-11/h5-8,12-13,20H,4,9H2,1-3H3,(H,21,23)/t12-,13?/m0/s1. The van der Waals surface area contributed by atoms with E-state index >= 15 is 0 Å². The molecule has 2 N–H and O–H groups in total. The number of benzene rings is 1. The highest BCUT2D eigenvalue weighted by atomic mass is 19.4. The van der Waals surface area contributed by atoms with Crippen LogP contribution in [0.1, 0.15) is 29.3 Å². The summed E-state index contributed by atoms with van der Waals surface area (Å²) < 4.78 is 40.4. The maximum atomic E-state index is 12.6. The zero-order valence-electron chi connectivity index (χ0n) is 13.7. The molecule has 1 aromatic rings. The number of ketones is 1. The van der Waals surface area contributed by atoms with Gasteiger partial charge >= 0.3 is 12.3 Å². The quantitative estimate of drug-likeness (QED) is 0.745. The van der Waals surface area contributed by atoms with Crippen molar-refractivity contribution in [2.45, 2.75) is 38.5 Å². The van der Waals surface area contributed by atoms with Crippen LogP contribution in [0.3, 0.4) is 0 Å². The second-order valence-corrected chi connectivity index (χ2v) is 5.35. The summed E-state index contributed by atoms with van der Waals surface area (Å²) in [6.07, 6.45) is -5.47. The number of hydrogen-bond donors (Lipinski definition) is 2. The number of carbonyl (C=O) groups is 2. The number of nitrogens with one attached hydrogen (secondary N) is 2. The number of rotatable bonds is 7. The summed E-state index contributed by atoms with van der Waals surface area (Å²) in [4.78, 5) is 24.1. The molecular weight excluding hydrogens is 325 g/mol. The Kier molecular flexibility index (Phi) is 7.21. The summed E-state index contributed by atoms with van der Waals surface area (Å²) in [7, 11) is 1.55. The third-order valence-corrected chi connectivity index (χ3v) is 3.41. The van der Waals surface area contributed by atoms with E-state index in [9.17, 15) is 22.8 Å². The Morgan fingerprint density at radius 3 is 2.46 bits per heavy atom. The number of likely N-dealkylation sites (N-methyl/N-ethyl adjacent to an activating group) is 1. The van der Waals surface area contributed by atoms with Crippen LogP contribution < -0.4 is 10.6 Å². The van der Waals surface area contributed by atoms with E-state index in [-0.39, 0.29) is 5.78 Å². The van der Waals surface area contributed by atoms with Gasteiger partial charge in [0.15, 0.2) is 12.4 Å². The van der Waals surface area contributed by atoms with Gasteiger partial charge < -0.3 is 15.4 Å². The van der Waals surface area contributed by atoms with Gasteiger partial charge in [-0.25, -0.2) is 4.79 Å². The highest BCUT2D eigenvalue weighted by molar-refractivity contribution is 6.01. The molecule has 1 aromatic carbocycles. The number of carbonyl (C=O) groups excluding carboxylic acids is 2. The van der Waals surface area contributed by atoms with E-state index in [0.29, 0.717) is 12.0 Å². The predicted octanol–water partition coefficient (Wildman–Crippen LogP) is 2.83. The van der Waals surface area contributed by atoms with Gasteiger partial charge in [-0.1, -0.05) is 30.7 Å². The fraction of sp³-hybridized carbons (Fsp3) is 0.500. The lowest BCUT2D eigenvalue weighted by Gasteiger charge is -2.25. The highest BCUT2D eigenvalue weighted by Gasteiger charge is 2.32. The van der Waals surface area contributed by atoms with E-state index in [0.717, 1.165) is 5.56 Å². The van der Waals surface area contributed by atoms with Gasteiger partial charge in [-0.05, 0) is 26.5 Å². The molecule has 1 amide bonds. The molecule has 0 saturated heterocycles. The first kappa shape index (κ1) is 20.0. The molecule has 0 heterocycles. The Morgan fingerprint density at radius 1 is 1.29 bits per heavy atom. The van der Waals surface area contributed by atoms with E-state index in [2.05, 4.69) is 15.4 Å². The van der Waals surface area contributed by atoms with Crippen molar-refractivity contribution in [2.75, 3.05) is 13.7 Å². The zero-order chi connectivity index (χ0) is 18.3. The van der Waals surface area contributed by atoms with Gasteiger partial charge in [0.1, 0.15) is 0 Å². The molecule has 2 atom stereocenters. The second kappa shape index (κ2) is 8.68. The number of amides is 1. The van der Waals surface area contributed by atoms with Crippen molar-refractivity contribution < 1.29 is 27.5 Å². The van der Waals surface area contributed by atoms with Gasteiger partial charge in [0.25, 0.3) is 0 Å². The Balaban J connectivity index is 2.79. The molecule has 134 valence electrons. The van der Waals surface area contributed by atoms with Crippen LogP contribution in [0.5, 0.6) is 0 Å². The van der Waals surface area contributed by atoms with Gasteiger partial charge in [0.05, 0.1) is 12.1 Å². The third kappa shape index (κ3) is 6.19. The van der Waals surface area contributed by atoms with Crippen molar-refractivity contribution in [2.24, 2.45) is 0 Å². The predicted molar refractivity (Wildman–Crippen MR) is 83.0 cm³/mol. The Labute approximate surface area is 138 Å². The minimum absolute atomic E-state index is 0.260. The average Bonchev–Trinajstić information content (AvgIpc) is 2.51. The molecule has 0 radical (unpaired) electrons. The van der Waals surface area contributed by atoms with Crippen LogP contribution in [0.2, 0.25) is 0 Å². The Bertz CT molecular complexity index is 576. The number of alkyl carbamates (subject to hydrolysis) is 1. The molecule has 24 heavy (non-hydrogen) atoms. The van der Waals surface area contributed by atoms with Crippen LogP contribution in [-0.2, 0) is 4.74 Å². The van der Waals surface area contributed by atoms with Crippen molar-refractivity contribution in [3.63, 3.8) is 0 Å². The first-order valence-electron chi connectivity index (χ1n) is 7.46. The van der Waals surface area contributed by atoms with Crippen molar-refractivity contribution in [1.29, 1.82) is 0 Å². The molecule has 0 fully saturated rings. The van der Waals surface area contributed by atoms with Crippen LogP contribution in [0.4, 0.5) is 18.0 Å². The third-order valence-electron chi connectivity index (χ3n) is 3.41. The SMILES string of the molecule is CC[C@H](NC(=O)OCC(F)(F)F)C(NC)C(=O)c1cccc(C)c1. The van der Waals surface area contributed by atoms with Crippen LogP contribution >= 0.6 is 0 Å². The summed E-state index contributed by atoms with van der Waals surface area (Å²) in [6.45, 7) is 1.88. The monoisotopic (exact) mass is 346 g/mol. The molecule has 0 aromatic heterocycles. The maximum absolute atomic E-state index is 12.6. The second-order valence-electron chi connectivity index (χ2n) is 5.35. The van der Waals surface area contributed by atoms with Gasteiger partial charge in [-0.15, -0.1) is 0 Å². The van der Waals surface area contributed by atoms with Crippen molar-refractivity contribution >= 4 is 11.9 Å². The van der Waals surface area contributed by atoms with E-state index in [1.54, 1.807) is 32.2 Å². The molecule has 0 bridgehead atoms. The molecule has 0 saturated carbocycles. The average molecular weight is 346 g/mol. The molecule has 0 aliphatic heterocycles. The fourth-order valence-corrected chi connectivity index (χ4v) is 2.25. The molecule has 1 unspecified atom stereocenters. The number of alkyl halides is 3. The minimum Gasteiger partial charge on any atom is -0.440 e. The smallest absolute Gasteiger partial charge is 0.422 e. The van der Waals surface area contributed by atoms with Gasteiger partial charge in [0, 0.05) is 5.56 Å². The molecule has 1 rings (SSSR count). The molecule has 0 aliphatic carbocycles. The van der Waals surface area contributed by atoms with E-state index in [4.69, 9.17) is 0 Å². The van der Waals surface area contributed by atoms with Crippen molar-refractivity contribution in [1.82, 2.24) is 10.6 Å². The van der Waals surface area contributed by atoms with Crippen LogP contribution in [0, 0.1) is 6.92 Å². The Hall–Kier alpha value is -2.09. The summed E-state index contributed by atoms with van der Waals surface area (Å²) in [5.41, 5.74) is 1.36. The lowest BCUT2D eigenvalue weighted by molar-refractivity contribution is -0.160. The lowest BCUT2D eigenvalue weighted by Crippen LogP contribution is -2.53. The van der Waals surface area contributed by atoms with E-state index < -0.39 is 31.0 Å². The molecular formula is C16H21F3N2O3. The molecule has 0 aliphatic rings. The highest BCUT2D eigenvalue weighted by Crippen LogP contribution is 2.15.